The van der Waals surface area contributed by atoms with Gasteiger partial charge in [-0.1, -0.05) is 114 Å². The smallest absolute Gasteiger partial charge is 0.407 e. The van der Waals surface area contributed by atoms with Crippen LogP contribution in [0.2, 0.25) is 0 Å². The van der Waals surface area contributed by atoms with Crippen LogP contribution in [0.5, 0.6) is 0 Å². The first-order valence-electron chi connectivity index (χ1n) is 20.1. The third kappa shape index (κ3) is 6.45. The molecule has 3 fully saturated rings. The Hall–Kier alpha value is -3.08. The number of fused-ring (bicyclic) bond motifs is 8. The maximum Gasteiger partial charge on any atom is 0.407 e. The van der Waals surface area contributed by atoms with E-state index in [0.717, 1.165) is 54.8 Å². The van der Waals surface area contributed by atoms with Gasteiger partial charge < -0.3 is 15.3 Å². The zero-order valence-electron chi connectivity index (χ0n) is 31.4. The molecule has 3 saturated carbocycles. The van der Waals surface area contributed by atoms with Crippen molar-refractivity contribution in [2.24, 2.45) is 46.3 Å². The van der Waals surface area contributed by atoms with Gasteiger partial charge in [0.1, 0.15) is 0 Å². The van der Waals surface area contributed by atoms with Gasteiger partial charge in [0.15, 0.2) is 0 Å². The Morgan fingerprint density at radius 1 is 0.900 bits per heavy atom. The van der Waals surface area contributed by atoms with Gasteiger partial charge in [0.05, 0.1) is 0 Å². The highest BCUT2D eigenvalue weighted by Gasteiger charge is 2.59. The van der Waals surface area contributed by atoms with Crippen molar-refractivity contribution >= 4 is 12.0 Å². The number of nitrogens with zero attached hydrogens (tertiary/aromatic N) is 1. The highest BCUT2D eigenvalue weighted by Crippen LogP contribution is 2.67. The van der Waals surface area contributed by atoms with E-state index in [1.54, 1.807) is 5.57 Å². The van der Waals surface area contributed by atoms with Gasteiger partial charge in [0, 0.05) is 31.5 Å². The lowest BCUT2D eigenvalue weighted by Crippen LogP contribution is -2.52. The normalized spacial score (nSPS) is 31.9. The molecule has 2 aromatic carbocycles. The van der Waals surface area contributed by atoms with Crippen LogP contribution in [0, 0.1) is 46.3 Å². The van der Waals surface area contributed by atoms with Crippen molar-refractivity contribution in [1.29, 1.82) is 0 Å². The van der Waals surface area contributed by atoms with Gasteiger partial charge in [-0.3, -0.25) is 4.79 Å². The lowest BCUT2D eigenvalue weighted by molar-refractivity contribution is -0.122. The molecule has 5 heteroatoms. The lowest BCUT2D eigenvalue weighted by atomic mass is 9.47. The third-order valence-corrected chi connectivity index (χ3v) is 14.9. The zero-order valence-corrected chi connectivity index (χ0v) is 31.4. The second kappa shape index (κ2) is 14.2. The van der Waals surface area contributed by atoms with Gasteiger partial charge in [-0.05, 0) is 120 Å². The predicted octanol–water partition coefficient (Wildman–Crippen LogP) is 10.7. The number of carbonyl (C=O) groups is 2. The maximum atomic E-state index is 13.3. The largest absolute Gasteiger partial charge is 0.465 e. The van der Waals surface area contributed by atoms with Crippen LogP contribution in [0.1, 0.15) is 129 Å². The van der Waals surface area contributed by atoms with Gasteiger partial charge in [-0.2, -0.15) is 0 Å². The zero-order chi connectivity index (χ0) is 35.2. The van der Waals surface area contributed by atoms with E-state index in [2.05, 4.69) is 70.3 Å². The second-order valence-electron chi connectivity index (χ2n) is 18.0. The quantitative estimate of drug-likeness (QED) is 0.232. The Morgan fingerprint density at radius 3 is 2.28 bits per heavy atom. The third-order valence-electron chi connectivity index (χ3n) is 14.9. The molecule has 0 unspecified atom stereocenters. The fourth-order valence-corrected chi connectivity index (χ4v) is 12.3. The van der Waals surface area contributed by atoms with Crippen molar-refractivity contribution in [3.8, 4) is 11.1 Å². The lowest BCUT2D eigenvalue weighted by Gasteiger charge is -2.58. The Morgan fingerprint density at radius 2 is 1.60 bits per heavy atom. The molecule has 2 aromatic rings. The fourth-order valence-electron chi connectivity index (χ4n) is 12.3. The van der Waals surface area contributed by atoms with E-state index in [1.165, 1.54) is 78.5 Å². The first-order valence-corrected chi connectivity index (χ1v) is 20.1. The number of hydrogen-bond acceptors (Lipinski definition) is 2. The van der Waals surface area contributed by atoms with Gasteiger partial charge in [0.2, 0.25) is 5.91 Å². The van der Waals surface area contributed by atoms with E-state index in [9.17, 15) is 14.7 Å². The number of nitrogens with one attached hydrogen (secondary N) is 1. The van der Waals surface area contributed by atoms with E-state index in [0.29, 0.717) is 12.0 Å². The Bertz CT molecular complexity index is 1550. The molecule has 0 heterocycles. The van der Waals surface area contributed by atoms with Crippen LogP contribution in [0.4, 0.5) is 4.79 Å². The highest BCUT2D eigenvalue weighted by atomic mass is 16.4. The van der Waals surface area contributed by atoms with Crippen LogP contribution in [0.3, 0.4) is 0 Å². The molecule has 2 amide bonds. The molecular formula is C45H62N2O3. The van der Waals surface area contributed by atoms with Gasteiger partial charge >= 0.3 is 6.09 Å². The van der Waals surface area contributed by atoms with E-state index >= 15 is 0 Å². The van der Waals surface area contributed by atoms with Crippen LogP contribution in [0.25, 0.3) is 11.1 Å². The van der Waals surface area contributed by atoms with E-state index in [1.807, 2.05) is 24.3 Å². The summed E-state index contributed by atoms with van der Waals surface area (Å²) in [5.74, 6) is 4.91. The minimum atomic E-state index is -0.965. The average molecular weight is 679 g/mol. The SMILES string of the molecule is CC(C)CCC[C@@H](C)[C@H]1CC[C@H]2[C@@H]3CC=C4C[C@@H](NC(=O)CCN(CC5c6ccccc6-c6ccccc65)C(=O)O)CC[C@]4(C)[C@H]3CC[C@]12C. The first kappa shape index (κ1) is 35.3. The molecule has 5 aliphatic carbocycles. The number of carbonyl (C=O) groups excluding carboxylic acids is 1. The first-order chi connectivity index (χ1) is 24.0. The summed E-state index contributed by atoms with van der Waals surface area (Å²) >= 11 is 0. The molecular weight excluding hydrogens is 617 g/mol. The molecule has 0 aromatic heterocycles. The molecule has 5 aliphatic rings. The topological polar surface area (TPSA) is 69.6 Å². The van der Waals surface area contributed by atoms with Crippen molar-refractivity contribution < 1.29 is 14.7 Å². The van der Waals surface area contributed by atoms with Crippen LogP contribution in [-0.4, -0.2) is 41.1 Å². The number of allylic oxidation sites excluding steroid dienone is 1. The van der Waals surface area contributed by atoms with E-state index in [4.69, 9.17) is 0 Å². The van der Waals surface area contributed by atoms with E-state index in [-0.39, 0.29) is 36.2 Å². The molecule has 0 aliphatic heterocycles. The standard InChI is InChI=1S/C45H62N2O3/c1-29(2)11-10-12-30(3)39-19-20-40-37-18-17-31-27-32(21-24-44(31,4)41(37)22-25-45(39,40)5)46-42(48)23-26-47(43(49)50)28-38-35-15-8-6-13-33(35)34-14-7-9-16-36(34)38/h6-9,13-17,29-30,32,37-41H,10-12,18-28H2,1-5H3,(H,46,48)(H,49,50)/t30-,32+,37+,39-,40+,41+,44+,45-/m1/s1. The maximum absolute atomic E-state index is 13.3. The summed E-state index contributed by atoms with van der Waals surface area (Å²) < 4.78 is 0. The summed E-state index contributed by atoms with van der Waals surface area (Å²) in [7, 11) is 0. The molecule has 0 bridgehead atoms. The molecule has 0 spiro atoms. The van der Waals surface area contributed by atoms with Crippen LogP contribution >= 0.6 is 0 Å². The Labute approximate surface area is 301 Å². The number of carboxylic acid groups (broad SMARTS) is 1. The molecule has 8 atom stereocenters. The molecule has 50 heavy (non-hydrogen) atoms. The Balaban J connectivity index is 0.947. The molecule has 0 radical (unpaired) electrons. The van der Waals surface area contributed by atoms with E-state index < -0.39 is 6.09 Å². The fraction of sp³-hybridized carbons (Fsp3) is 0.644. The molecule has 0 saturated heterocycles. The highest BCUT2D eigenvalue weighted by molar-refractivity contribution is 5.80. The van der Waals surface area contributed by atoms with Gasteiger partial charge in [0.25, 0.3) is 0 Å². The van der Waals surface area contributed by atoms with Gasteiger partial charge in [-0.15, -0.1) is 0 Å². The molecule has 7 rings (SSSR count). The number of hydrogen-bond donors (Lipinski definition) is 2. The summed E-state index contributed by atoms with van der Waals surface area (Å²) in [6, 6.07) is 16.7. The molecule has 270 valence electrons. The number of amides is 2. The van der Waals surface area contributed by atoms with Gasteiger partial charge in [-0.25, -0.2) is 4.79 Å². The van der Waals surface area contributed by atoms with Crippen LogP contribution in [-0.2, 0) is 4.79 Å². The predicted molar refractivity (Wildman–Crippen MR) is 203 cm³/mol. The summed E-state index contributed by atoms with van der Waals surface area (Å²) in [4.78, 5) is 27.2. The van der Waals surface area contributed by atoms with Crippen LogP contribution in [0.15, 0.2) is 60.2 Å². The monoisotopic (exact) mass is 678 g/mol. The van der Waals surface area contributed by atoms with Crippen molar-refractivity contribution in [2.75, 3.05) is 13.1 Å². The second-order valence-corrected chi connectivity index (χ2v) is 18.0. The summed E-state index contributed by atoms with van der Waals surface area (Å²) in [6.07, 6.45) is 15.9. The average Bonchev–Trinajstić information content (AvgIpc) is 3.61. The summed E-state index contributed by atoms with van der Waals surface area (Å²) in [5.41, 5.74) is 7.03. The Kier molecular flexibility index (Phi) is 10.00. The molecule has 5 nitrogen and oxygen atoms in total. The van der Waals surface area contributed by atoms with Crippen molar-refractivity contribution in [1.82, 2.24) is 10.2 Å². The van der Waals surface area contributed by atoms with Crippen LogP contribution < -0.4 is 5.32 Å². The summed E-state index contributed by atoms with van der Waals surface area (Å²) in [5, 5.41) is 13.5. The minimum Gasteiger partial charge on any atom is -0.465 e. The van der Waals surface area contributed by atoms with Crippen molar-refractivity contribution in [3.05, 3.63) is 71.3 Å². The van der Waals surface area contributed by atoms with Crippen molar-refractivity contribution in [2.45, 2.75) is 124 Å². The molecule has 2 N–H and O–H groups in total. The minimum absolute atomic E-state index is 0.0227. The summed E-state index contributed by atoms with van der Waals surface area (Å²) in [6.45, 7) is 13.1. The number of rotatable bonds is 11. The van der Waals surface area contributed by atoms with Crippen molar-refractivity contribution in [3.63, 3.8) is 0 Å². The number of benzene rings is 2.